The van der Waals surface area contributed by atoms with Gasteiger partial charge in [-0.2, -0.15) is 0 Å². The Labute approximate surface area is 99.2 Å². The lowest BCUT2D eigenvalue weighted by Crippen LogP contribution is -2.38. The van der Waals surface area contributed by atoms with Gasteiger partial charge in [-0.1, -0.05) is 12.1 Å². The van der Waals surface area contributed by atoms with E-state index in [0.29, 0.717) is 6.42 Å². The minimum absolute atomic E-state index is 0.0829. The average molecular weight is 236 g/mol. The smallest absolute Gasteiger partial charge is 0.400 e. The van der Waals surface area contributed by atoms with Crippen molar-refractivity contribution in [2.75, 3.05) is 0 Å². The van der Waals surface area contributed by atoms with Gasteiger partial charge in [0.1, 0.15) is 5.82 Å². The van der Waals surface area contributed by atoms with Gasteiger partial charge in [0.25, 0.3) is 0 Å². The first-order valence-corrected chi connectivity index (χ1v) is 5.72. The number of hydrogen-bond donors (Lipinski definition) is 2. The maximum absolute atomic E-state index is 12.8. The van der Waals surface area contributed by atoms with E-state index in [9.17, 15) is 4.39 Å². The quantitative estimate of drug-likeness (QED) is 0.636. The van der Waals surface area contributed by atoms with Crippen molar-refractivity contribution >= 4 is 12.6 Å². The zero-order valence-corrected chi connectivity index (χ0v) is 9.25. The Hall–Kier alpha value is -0.945. The van der Waals surface area contributed by atoms with E-state index < -0.39 is 7.12 Å². The summed E-state index contributed by atoms with van der Waals surface area (Å²) in [5.74, 6) is -0.277. The second-order valence-corrected chi connectivity index (χ2v) is 4.65. The molecule has 4 nitrogen and oxygen atoms in total. The largest absolute Gasteiger partial charge is 0.494 e. The molecule has 0 aromatic heterocycles. The van der Waals surface area contributed by atoms with Crippen LogP contribution in [0.2, 0.25) is 0 Å². The Balaban J connectivity index is 1.78. The summed E-state index contributed by atoms with van der Waals surface area (Å²) in [6.45, 7) is 0. The number of hydrogen-bond acceptors (Lipinski definition) is 4. The summed E-state index contributed by atoms with van der Waals surface area (Å²) in [5.41, 5.74) is 12.7. The lowest BCUT2D eigenvalue weighted by Gasteiger charge is -2.12. The number of halogens is 1. The molecule has 2 aliphatic rings. The summed E-state index contributed by atoms with van der Waals surface area (Å²) in [4.78, 5) is 0. The molecule has 0 unspecified atom stereocenters. The van der Waals surface area contributed by atoms with E-state index in [1.54, 1.807) is 12.1 Å². The van der Waals surface area contributed by atoms with E-state index in [0.717, 1.165) is 5.46 Å². The summed E-state index contributed by atoms with van der Waals surface area (Å²) >= 11 is 0. The molecule has 4 N–H and O–H groups in total. The van der Waals surface area contributed by atoms with Gasteiger partial charge < -0.3 is 20.8 Å². The van der Waals surface area contributed by atoms with Gasteiger partial charge in [-0.3, -0.25) is 0 Å². The molecule has 0 amide bonds. The van der Waals surface area contributed by atoms with Crippen molar-refractivity contribution < 1.29 is 13.7 Å². The fraction of sp³-hybridized carbons (Fsp3) is 0.455. The molecule has 6 heteroatoms. The Morgan fingerprint density at radius 1 is 1.06 bits per heavy atom. The molecule has 1 aromatic rings. The van der Waals surface area contributed by atoms with Crippen molar-refractivity contribution in [1.29, 1.82) is 0 Å². The first-order chi connectivity index (χ1) is 8.15. The molecular weight excluding hydrogens is 222 g/mol. The minimum Gasteiger partial charge on any atom is -0.400 e. The number of benzene rings is 1. The fourth-order valence-corrected chi connectivity index (χ4v) is 2.52. The van der Waals surface area contributed by atoms with Crippen LogP contribution in [0.4, 0.5) is 4.39 Å². The van der Waals surface area contributed by atoms with Crippen LogP contribution in [0.3, 0.4) is 0 Å². The van der Waals surface area contributed by atoms with Gasteiger partial charge in [-0.25, -0.2) is 4.39 Å². The second kappa shape index (κ2) is 4.06. The SMILES string of the molecule is N[C@@H]1C[C@H](N)[C@H]2OB(c3ccc(F)cc3)O[C@H]21. The highest BCUT2D eigenvalue weighted by Crippen LogP contribution is 2.30. The number of rotatable bonds is 1. The van der Waals surface area contributed by atoms with Crippen LogP contribution in [-0.4, -0.2) is 31.4 Å². The van der Waals surface area contributed by atoms with Crippen molar-refractivity contribution in [2.24, 2.45) is 11.5 Å². The zero-order valence-electron chi connectivity index (χ0n) is 9.25. The topological polar surface area (TPSA) is 70.5 Å². The maximum Gasteiger partial charge on any atom is 0.494 e. The molecule has 0 radical (unpaired) electrons. The predicted molar refractivity (Wildman–Crippen MR) is 62.1 cm³/mol. The molecule has 1 aliphatic carbocycles. The average Bonchev–Trinajstić information content (AvgIpc) is 2.83. The van der Waals surface area contributed by atoms with E-state index >= 15 is 0 Å². The van der Waals surface area contributed by atoms with Crippen LogP contribution in [0.15, 0.2) is 24.3 Å². The summed E-state index contributed by atoms with van der Waals surface area (Å²) in [5, 5.41) is 0. The third-order valence-electron chi connectivity index (χ3n) is 3.42. The van der Waals surface area contributed by atoms with Crippen LogP contribution in [0.25, 0.3) is 0 Å². The van der Waals surface area contributed by atoms with Gasteiger partial charge in [-0.05, 0) is 24.0 Å². The molecule has 2 fully saturated rings. The molecule has 1 aliphatic heterocycles. The first kappa shape index (κ1) is 11.2. The zero-order chi connectivity index (χ0) is 12.0. The van der Waals surface area contributed by atoms with Gasteiger partial charge in [0.05, 0.1) is 12.2 Å². The third-order valence-corrected chi connectivity index (χ3v) is 3.42. The number of nitrogens with two attached hydrogens (primary N) is 2. The molecule has 0 spiro atoms. The van der Waals surface area contributed by atoms with E-state index in [4.69, 9.17) is 20.8 Å². The van der Waals surface area contributed by atoms with Crippen molar-refractivity contribution in [3.05, 3.63) is 30.1 Å². The summed E-state index contributed by atoms with van der Waals surface area (Å²) < 4.78 is 24.3. The summed E-state index contributed by atoms with van der Waals surface area (Å²) in [7, 11) is -0.483. The Bertz CT molecular complexity index is 400. The molecule has 1 saturated carbocycles. The number of fused-ring (bicyclic) bond motifs is 1. The molecule has 90 valence electrons. The molecule has 17 heavy (non-hydrogen) atoms. The first-order valence-electron chi connectivity index (χ1n) is 5.72. The van der Waals surface area contributed by atoms with Gasteiger partial charge in [-0.15, -0.1) is 0 Å². The van der Waals surface area contributed by atoms with E-state index in [1.165, 1.54) is 12.1 Å². The molecular formula is C11H14BFN2O2. The van der Waals surface area contributed by atoms with Crippen LogP contribution in [-0.2, 0) is 9.31 Å². The highest BCUT2D eigenvalue weighted by molar-refractivity contribution is 6.61. The molecule has 4 atom stereocenters. The summed E-state index contributed by atoms with van der Waals surface area (Å²) in [6.07, 6.45) is 0.408. The highest BCUT2D eigenvalue weighted by Gasteiger charge is 2.50. The van der Waals surface area contributed by atoms with Gasteiger partial charge in [0, 0.05) is 12.1 Å². The fourth-order valence-electron chi connectivity index (χ4n) is 2.52. The van der Waals surface area contributed by atoms with E-state index in [2.05, 4.69) is 0 Å². The van der Waals surface area contributed by atoms with Gasteiger partial charge in [0.15, 0.2) is 0 Å². The summed E-state index contributed by atoms with van der Waals surface area (Å²) in [6, 6.07) is 5.91. The molecule has 1 heterocycles. The Morgan fingerprint density at radius 2 is 1.59 bits per heavy atom. The second-order valence-electron chi connectivity index (χ2n) is 4.65. The standard InChI is InChI=1S/C11H14BFN2O2/c13-7-3-1-6(2-4-7)12-16-10-8(14)5-9(15)11(10)17-12/h1-4,8-11H,5,14-15H2/t8-,9+,10+,11-. The van der Waals surface area contributed by atoms with Gasteiger partial charge in [0.2, 0.25) is 0 Å². The predicted octanol–water partition coefficient (Wildman–Crippen LogP) is -0.637. The van der Waals surface area contributed by atoms with Crippen molar-refractivity contribution in [1.82, 2.24) is 0 Å². The van der Waals surface area contributed by atoms with Crippen molar-refractivity contribution in [3.63, 3.8) is 0 Å². The van der Waals surface area contributed by atoms with Crippen LogP contribution < -0.4 is 16.9 Å². The van der Waals surface area contributed by atoms with E-state index in [-0.39, 0.29) is 30.1 Å². The third kappa shape index (κ3) is 1.87. The van der Waals surface area contributed by atoms with Crippen LogP contribution in [0.5, 0.6) is 0 Å². The Morgan fingerprint density at radius 3 is 2.12 bits per heavy atom. The lowest BCUT2D eigenvalue weighted by atomic mass is 9.79. The Kier molecular flexibility index (Phi) is 2.67. The molecule has 3 rings (SSSR count). The van der Waals surface area contributed by atoms with Crippen LogP contribution in [0.1, 0.15) is 6.42 Å². The van der Waals surface area contributed by atoms with E-state index in [1.807, 2.05) is 0 Å². The highest BCUT2D eigenvalue weighted by atomic mass is 19.1. The van der Waals surface area contributed by atoms with Crippen LogP contribution in [0, 0.1) is 5.82 Å². The maximum atomic E-state index is 12.8. The molecule has 0 bridgehead atoms. The minimum atomic E-state index is -0.483. The van der Waals surface area contributed by atoms with Crippen molar-refractivity contribution in [2.45, 2.75) is 30.7 Å². The molecule has 1 saturated heterocycles. The van der Waals surface area contributed by atoms with Gasteiger partial charge >= 0.3 is 7.12 Å². The lowest BCUT2D eigenvalue weighted by molar-refractivity contribution is 0.166. The molecule has 1 aromatic carbocycles. The van der Waals surface area contributed by atoms with Crippen molar-refractivity contribution in [3.8, 4) is 0 Å². The van der Waals surface area contributed by atoms with Crippen LogP contribution >= 0.6 is 0 Å². The monoisotopic (exact) mass is 236 g/mol. The normalized spacial score (nSPS) is 36.3.